The Hall–Kier alpha value is -3.49. The van der Waals surface area contributed by atoms with E-state index in [9.17, 15) is 13.6 Å². The summed E-state index contributed by atoms with van der Waals surface area (Å²) in [6.45, 7) is 1.40. The number of hydrogen-bond acceptors (Lipinski definition) is 6. The van der Waals surface area contributed by atoms with Crippen LogP contribution in [-0.4, -0.2) is 27.1 Å². The van der Waals surface area contributed by atoms with Crippen LogP contribution in [0.2, 0.25) is 0 Å². The summed E-state index contributed by atoms with van der Waals surface area (Å²) in [5.41, 5.74) is 0.780. The zero-order valence-corrected chi connectivity index (χ0v) is 18.5. The van der Waals surface area contributed by atoms with Crippen molar-refractivity contribution in [3.05, 3.63) is 69.9 Å². The minimum Gasteiger partial charge on any atom is -0.473 e. The second-order valence-electron chi connectivity index (χ2n) is 9.16. The van der Waals surface area contributed by atoms with E-state index in [1.165, 1.54) is 18.6 Å². The van der Waals surface area contributed by atoms with Crippen LogP contribution in [0.1, 0.15) is 49.3 Å². The largest absolute Gasteiger partial charge is 0.473 e. The third-order valence-electron chi connectivity index (χ3n) is 6.97. The van der Waals surface area contributed by atoms with Gasteiger partial charge in [0.15, 0.2) is 17.4 Å². The highest BCUT2D eigenvalue weighted by Gasteiger charge is 2.34. The molecule has 2 aromatic heterocycles. The van der Waals surface area contributed by atoms with E-state index in [4.69, 9.17) is 9.47 Å². The standard InChI is InChI=1S/C25H24F2N4O3/c26-19-9-15(10-20(27)24(19)34-18-6-7-28-21(11-18)16-3-1-4-16)14-33-22-12-23-30-8-2-5-17(30)13-31(23)25(32)29-22/h6-7,9-12,16-17H,1-5,8,13-14H2. The van der Waals surface area contributed by atoms with Crippen molar-refractivity contribution in [3.8, 4) is 17.4 Å². The van der Waals surface area contributed by atoms with Crippen LogP contribution < -0.4 is 20.1 Å². The number of fused-ring (bicyclic) bond motifs is 3. The second kappa shape index (κ2) is 8.38. The highest BCUT2D eigenvalue weighted by Crippen LogP contribution is 2.37. The van der Waals surface area contributed by atoms with Crippen molar-refractivity contribution in [2.75, 3.05) is 11.4 Å². The first-order chi connectivity index (χ1) is 16.5. The summed E-state index contributed by atoms with van der Waals surface area (Å²) in [6.07, 6.45) is 7.03. The summed E-state index contributed by atoms with van der Waals surface area (Å²) in [7, 11) is 0. The molecule has 0 N–H and O–H groups in total. The van der Waals surface area contributed by atoms with E-state index in [0.717, 1.165) is 43.7 Å². The van der Waals surface area contributed by atoms with Crippen LogP contribution in [-0.2, 0) is 13.2 Å². The molecule has 1 aromatic carbocycles. The van der Waals surface area contributed by atoms with Crippen LogP contribution in [0, 0.1) is 11.6 Å². The van der Waals surface area contributed by atoms with Crippen molar-refractivity contribution in [1.82, 2.24) is 14.5 Å². The molecule has 3 aliphatic rings. The monoisotopic (exact) mass is 466 g/mol. The van der Waals surface area contributed by atoms with E-state index in [2.05, 4.69) is 14.9 Å². The van der Waals surface area contributed by atoms with Crippen molar-refractivity contribution in [1.29, 1.82) is 0 Å². The van der Waals surface area contributed by atoms with Crippen LogP contribution in [0.15, 0.2) is 41.3 Å². The normalized spacial score (nSPS) is 19.0. The van der Waals surface area contributed by atoms with Gasteiger partial charge in [0.05, 0.1) is 0 Å². The summed E-state index contributed by atoms with van der Waals surface area (Å²) in [5.74, 6) is -0.465. The maximum absolute atomic E-state index is 14.7. The van der Waals surface area contributed by atoms with Gasteiger partial charge in [-0.25, -0.2) is 13.6 Å². The molecule has 0 amide bonds. The third-order valence-corrected chi connectivity index (χ3v) is 6.97. The number of aromatic nitrogens is 3. The molecule has 1 saturated heterocycles. The number of nitrogens with zero attached hydrogens (tertiary/aromatic N) is 4. The van der Waals surface area contributed by atoms with Crippen molar-refractivity contribution >= 4 is 5.82 Å². The number of anilines is 1. The molecule has 2 aliphatic heterocycles. The highest BCUT2D eigenvalue weighted by atomic mass is 19.1. The molecule has 0 bridgehead atoms. The Morgan fingerprint density at radius 3 is 2.65 bits per heavy atom. The van der Waals surface area contributed by atoms with E-state index in [1.807, 2.05) is 0 Å². The first-order valence-electron chi connectivity index (χ1n) is 11.7. The first kappa shape index (κ1) is 21.1. The van der Waals surface area contributed by atoms with Crippen molar-refractivity contribution < 1.29 is 18.3 Å². The van der Waals surface area contributed by atoms with Gasteiger partial charge in [-0.3, -0.25) is 9.55 Å². The predicted molar refractivity (Wildman–Crippen MR) is 120 cm³/mol. The van der Waals surface area contributed by atoms with Crippen LogP contribution in [0.3, 0.4) is 0 Å². The molecule has 0 spiro atoms. The summed E-state index contributed by atoms with van der Waals surface area (Å²) in [5, 5.41) is 0. The van der Waals surface area contributed by atoms with Gasteiger partial charge in [-0.05, 0) is 49.4 Å². The zero-order chi connectivity index (χ0) is 23.2. The van der Waals surface area contributed by atoms with Gasteiger partial charge in [-0.1, -0.05) is 6.42 Å². The lowest BCUT2D eigenvalue weighted by Crippen LogP contribution is -2.24. The molecule has 176 valence electrons. The molecule has 1 unspecified atom stereocenters. The Morgan fingerprint density at radius 1 is 1.06 bits per heavy atom. The van der Waals surface area contributed by atoms with Crippen LogP contribution in [0.25, 0.3) is 0 Å². The number of ether oxygens (including phenoxy) is 2. The molecular weight excluding hydrogens is 442 g/mol. The lowest BCUT2D eigenvalue weighted by Gasteiger charge is -2.24. The summed E-state index contributed by atoms with van der Waals surface area (Å²) >= 11 is 0. The fraction of sp³-hybridized carbons (Fsp3) is 0.400. The molecule has 1 saturated carbocycles. The lowest BCUT2D eigenvalue weighted by atomic mass is 9.83. The molecule has 3 aromatic rings. The van der Waals surface area contributed by atoms with E-state index in [0.29, 0.717) is 24.3 Å². The molecule has 1 atom stereocenters. The van der Waals surface area contributed by atoms with Gasteiger partial charge in [0.2, 0.25) is 5.88 Å². The van der Waals surface area contributed by atoms with Crippen molar-refractivity contribution in [3.63, 3.8) is 0 Å². The second-order valence-corrected chi connectivity index (χ2v) is 9.16. The van der Waals surface area contributed by atoms with Gasteiger partial charge in [0, 0.05) is 49.1 Å². The molecule has 1 aliphatic carbocycles. The quantitative estimate of drug-likeness (QED) is 0.532. The summed E-state index contributed by atoms with van der Waals surface area (Å²) in [4.78, 5) is 22.9. The molecule has 9 heteroatoms. The molecular formula is C25H24F2N4O3. The molecule has 6 rings (SSSR count). The number of benzene rings is 1. The predicted octanol–water partition coefficient (Wildman–Crippen LogP) is 4.54. The molecule has 0 radical (unpaired) electrons. The Labute approximate surface area is 195 Å². The van der Waals surface area contributed by atoms with Gasteiger partial charge in [0.1, 0.15) is 18.2 Å². The minimum absolute atomic E-state index is 0.130. The number of halogens is 2. The Kier molecular flexibility index (Phi) is 5.19. The maximum atomic E-state index is 14.7. The topological polar surface area (TPSA) is 69.5 Å². The van der Waals surface area contributed by atoms with E-state index >= 15 is 0 Å². The smallest absolute Gasteiger partial charge is 0.352 e. The molecule has 34 heavy (non-hydrogen) atoms. The number of pyridine rings is 1. The maximum Gasteiger partial charge on any atom is 0.352 e. The van der Waals surface area contributed by atoms with E-state index in [-0.39, 0.29) is 23.7 Å². The van der Waals surface area contributed by atoms with E-state index in [1.54, 1.807) is 29.0 Å². The van der Waals surface area contributed by atoms with Crippen molar-refractivity contribution in [2.24, 2.45) is 0 Å². The van der Waals surface area contributed by atoms with Gasteiger partial charge in [0.25, 0.3) is 0 Å². The lowest BCUT2D eigenvalue weighted by molar-refractivity contribution is 0.289. The number of rotatable bonds is 6. The Balaban J connectivity index is 1.17. The third kappa shape index (κ3) is 3.78. The fourth-order valence-corrected chi connectivity index (χ4v) is 4.98. The fourth-order valence-electron chi connectivity index (χ4n) is 4.98. The van der Waals surface area contributed by atoms with Gasteiger partial charge in [-0.15, -0.1) is 0 Å². The average Bonchev–Trinajstić information content (AvgIpc) is 3.37. The van der Waals surface area contributed by atoms with Crippen LogP contribution in [0.4, 0.5) is 14.6 Å². The summed E-state index contributed by atoms with van der Waals surface area (Å²) < 4.78 is 42.3. The average molecular weight is 466 g/mol. The highest BCUT2D eigenvalue weighted by molar-refractivity contribution is 5.48. The Morgan fingerprint density at radius 2 is 1.88 bits per heavy atom. The van der Waals surface area contributed by atoms with Crippen LogP contribution >= 0.6 is 0 Å². The first-order valence-corrected chi connectivity index (χ1v) is 11.7. The Bertz CT molecular complexity index is 1280. The molecule has 4 heterocycles. The van der Waals surface area contributed by atoms with Crippen molar-refractivity contribution in [2.45, 2.75) is 57.2 Å². The molecule has 7 nitrogen and oxygen atoms in total. The van der Waals surface area contributed by atoms with Gasteiger partial charge in [-0.2, -0.15) is 4.98 Å². The van der Waals surface area contributed by atoms with Gasteiger partial charge < -0.3 is 14.4 Å². The zero-order valence-electron chi connectivity index (χ0n) is 18.5. The molecule has 2 fully saturated rings. The SMILES string of the molecule is O=c1nc(OCc2cc(F)c(Oc3ccnc(C4CCC4)c3)c(F)c2)cc2n1CC1CCCN21. The van der Waals surface area contributed by atoms with E-state index < -0.39 is 17.4 Å². The minimum atomic E-state index is -0.831. The number of hydrogen-bond donors (Lipinski definition) is 0. The van der Waals surface area contributed by atoms with Gasteiger partial charge >= 0.3 is 5.69 Å². The van der Waals surface area contributed by atoms with Crippen LogP contribution in [0.5, 0.6) is 17.4 Å². The summed E-state index contributed by atoms with van der Waals surface area (Å²) in [6, 6.07) is 7.71.